The fourth-order valence-corrected chi connectivity index (χ4v) is 3.22. The minimum Gasteiger partial charge on any atom is -0.486 e. The summed E-state index contributed by atoms with van der Waals surface area (Å²) >= 11 is 1.63. The van der Waals surface area contributed by atoms with Gasteiger partial charge in [0.25, 0.3) is 0 Å². The summed E-state index contributed by atoms with van der Waals surface area (Å²) in [6.45, 7) is 4.28. The van der Waals surface area contributed by atoms with Crippen LogP contribution in [-0.2, 0) is 6.61 Å². The van der Waals surface area contributed by atoms with E-state index in [2.05, 4.69) is 11.1 Å². The third-order valence-corrected chi connectivity index (χ3v) is 4.95. The summed E-state index contributed by atoms with van der Waals surface area (Å²) in [5.74, 6) is 1.31. The van der Waals surface area contributed by atoms with Crippen LogP contribution in [0.5, 0.6) is 11.5 Å². The Hall–Kier alpha value is -2.60. The van der Waals surface area contributed by atoms with Crippen molar-refractivity contribution in [3.63, 3.8) is 0 Å². The van der Waals surface area contributed by atoms with Crippen LogP contribution in [0.1, 0.15) is 16.1 Å². The van der Waals surface area contributed by atoms with E-state index >= 15 is 0 Å². The molecule has 0 aliphatic heterocycles. The van der Waals surface area contributed by atoms with Crippen LogP contribution in [-0.4, -0.2) is 30.1 Å². The van der Waals surface area contributed by atoms with Crippen LogP contribution in [0.2, 0.25) is 0 Å². The topological polar surface area (TPSA) is 51.7 Å². The fraction of sp³-hybridized carbons (Fsp3) is 0.263. The largest absolute Gasteiger partial charge is 0.486 e. The third kappa shape index (κ3) is 3.74. The van der Waals surface area contributed by atoms with Crippen molar-refractivity contribution in [2.75, 3.05) is 14.1 Å². The van der Waals surface area contributed by atoms with E-state index in [1.54, 1.807) is 31.5 Å². The lowest BCUT2D eigenvalue weighted by atomic mass is 10.1. The second-order valence-corrected chi connectivity index (χ2v) is 7.05. The van der Waals surface area contributed by atoms with Gasteiger partial charge in [0.2, 0.25) is 0 Å². The van der Waals surface area contributed by atoms with Gasteiger partial charge in [0.05, 0.1) is 10.2 Å². The summed E-state index contributed by atoms with van der Waals surface area (Å²) in [6, 6.07) is 11.6. The first-order chi connectivity index (χ1) is 12.0. The van der Waals surface area contributed by atoms with Crippen molar-refractivity contribution in [3.8, 4) is 11.5 Å². The molecule has 130 valence electrons. The molecule has 3 aromatic rings. The number of hydrogen-bond donors (Lipinski definition) is 0. The summed E-state index contributed by atoms with van der Waals surface area (Å²) < 4.78 is 12.5. The van der Waals surface area contributed by atoms with E-state index in [0.29, 0.717) is 12.4 Å². The van der Waals surface area contributed by atoms with Gasteiger partial charge in [-0.05, 0) is 49.2 Å². The molecule has 6 heteroatoms. The molecule has 1 amide bonds. The highest BCUT2D eigenvalue weighted by Crippen LogP contribution is 2.30. The Morgan fingerprint density at radius 2 is 1.76 bits per heavy atom. The lowest BCUT2D eigenvalue weighted by Gasteiger charge is -2.16. The highest BCUT2D eigenvalue weighted by atomic mass is 32.1. The van der Waals surface area contributed by atoms with Gasteiger partial charge >= 0.3 is 6.09 Å². The number of nitrogens with zero attached hydrogens (tertiary/aromatic N) is 2. The molecule has 0 N–H and O–H groups in total. The molecule has 0 saturated heterocycles. The van der Waals surface area contributed by atoms with Gasteiger partial charge in [-0.15, -0.1) is 11.3 Å². The van der Waals surface area contributed by atoms with Crippen LogP contribution in [0.25, 0.3) is 10.2 Å². The molecule has 0 atom stereocenters. The standard InChI is InChI=1S/C19H20N2O3S/c1-12-13(2)16(24-19(22)21(3)4)10-9-15(12)23-11-18-20-14-7-5-6-8-17(14)25-18/h5-10H,11H2,1-4H3. The predicted molar refractivity (Wildman–Crippen MR) is 99.6 cm³/mol. The Labute approximate surface area is 150 Å². The Bertz CT molecular complexity index is 885. The van der Waals surface area contributed by atoms with Crippen molar-refractivity contribution in [1.82, 2.24) is 9.88 Å². The SMILES string of the molecule is Cc1c(OCc2nc3ccccc3s2)ccc(OC(=O)N(C)C)c1C. The van der Waals surface area contributed by atoms with E-state index in [-0.39, 0.29) is 0 Å². The molecule has 0 unspecified atom stereocenters. The van der Waals surface area contributed by atoms with E-state index in [1.807, 2.05) is 38.1 Å². The van der Waals surface area contributed by atoms with Gasteiger partial charge in [0, 0.05) is 14.1 Å². The first-order valence-corrected chi connectivity index (χ1v) is 8.74. The zero-order chi connectivity index (χ0) is 18.0. The predicted octanol–water partition coefficient (Wildman–Crippen LogP) is 4.55. The third-order valence-electron chi connectivity index (χ3n) is 3.94. The minimum atomic E-state index is -0.398. The molecule has 1 heterocycles. The van der Waals surface area contributed by atoms with Crippen LogP contribution in [0.15, 0.2) is 36.4 Å². The molecule has 2 aromatic carbocycles. The van der Waals surface area contributed by atoms with Gasteiger partial charge < -0.3 is 14.4 Å². The molecule has 3 rings (SSSR count). The molecule has 0 bridgehead atoms. The molecule has 0 aliphatic carbocycles. The van der Waals surface area contributed by atoms with Crippen LogP contribution >= 0.6 is 11.3 Å². The van der Waals surface area contributed by atoms with Gasteiger partial charge in [0.1, 0.15) is 23.1 Å². The maximum atomic E-state index is 11.7. The number of benzene rings is 2. The van der Waals surface area contributed by atoms with E-state index in [1.165, 1.54) is 4.90 Å². The van der Waals surface area contributed by atoms with Crippen LogP contribution in [0.4, 0.5) is 4.79 Å². The van der Waals surface area contributed by atoms with Crippen LogP contribution < -0.4 is 9.47 Å². The van der Waals surface area contributed by atoms with Crippen LogP contribution in [0.3, 0.4) is 0 Å². The first kappa shape index (κ1) is 17.2. The Morgan fingerprint density at radius 1 is 1.08 bits per heavy atom. The number of fused-ring (bicyclic) bond motifs is 1. The molecular formula is C19H20N2O3S. The molecule has 0 saturated carbocycles. The van der Waals surface area contributed by atoms with Crippen LogP contribution in [0, 0.1) is 13.8 Å². The lowest BCUT2D eigenvalue weighted by molar-refractivity contribution is 0.171. The molecular weight excluding hydrogens is 336 g/mol. The van der Waals surface area contributed by atoms with E-state index in [4.69, 9.17) is 9.47 Å². The first-order valence-electron chi connectivity index (χ1n) is 7.92. The van der Waals surface area contributed by atoms with E-state index < -0.39 is 6.09 Å². The zero-order valence-electron chi connectivity index (χ0n) is 14.7. The maximum Gasteiger partial charge on any atom is 0.414 e. The average molecular weight is 356 g/mol. The second-order valence-electron chi connectivity index (χ2n) is 5.94. The molecule has 25 heavy (non-hydrogen) atoms. The number of amides is 1. The summed E-state index contributed by atoms with van der Waals surface area (Å²) in [5, 5.41) is 0.932. The van der Waals surface area contributed by atoms with Crippen molar-refractivity contribution in [2.45, 2.75) is 20.5 Å². The summed E-state index contributed by atoms with van der Waals surface area (Å²) in [6.07, 6.45) is -0.398. The average Bonchev–Trinajstić information content (AvgIpc) is 3.01. The molecule has 1 aromatic heterocycles. The number of aromatic nitrogens is 1. The summed E-state index contributed by atoms with van der Waals surface area (Å²) in [7, 11) is 3.31. The van der Waals surface area contributed by atoms with Crippen molar-refractivity contribution < 1.29 is 14.3 Å². The summed E-state index contributed by atoms with van der Waals surface area (Å²) in [4.78, 5) is 17.7. The highest BCUT2D eigenvalue weighted by molar-refractivity contribution is 7.18. The van der Waals surface area contributed by atoms with Gasteiger partial charge in [-0.2, -0.15) is 0 Å². The van der Waals surface area contributed by atoms with Crippen molar-refractivity contribution in [1.29, 1.82) is 0 Å². The van der Waals surface area contributed by atoms with Crippen molar-refractivity contribution >= 4 is 27.6 Å². The highest BCUT2D eigenvalue weighted by Gasteiger charge is 2.13. The maximum absolute atomic E-state index is 11.7. The van der Waals surface area contributed by atoms with Gasteiger partial charge in [-0.1, -0.05) is 12.1 Å². The summed E-state index contributed by atoms with van der Waals surface area (Å²) in [5.41, 5.74) is 2.83. The molecule has 5 nitrogen and oxygen atoms in total. The van der Waals surface area contributed by atoms with Crippen molar-refractivity contribution in [3.05, 3.63) is 52.5 Å². The van der Waals surface area contributed by atoms with Gasteiger partial charge in [-0.25, -0.2) is 9.78 Å². The second kappa shape index (κ2) is 7.11. The van der Waals surface area contributed by atoms with Crippen molar-refractivity contribution in [2.24, 2.45) is 0 Å². The zero-order valence-corrected chi connectivity index (χ0v) is 15.5. The molecule has 0 fully saturated rings. The number of carbonyl (C=O) groups is 1. The Kier molecular flexibility index (Phi) is 4.90. The van der Waals surface area contributed by atoms with E-state index in [9.17, 15) is 4.79 Å². The fourth-order valence-electron chi connectivity index (χ4n) is 2.34. The Morgan fingerprint density at radius 3 is 2.48 bits per heavy atom. The normalized spacial score (nSPS) is 10.7. The monoisotopic (exact) mass is 356 g/mol. The quantitative estimate of drug-likeness (QED) is 0.688. The molecule has 0 radical (unpaired) electrons. The molecule has 0 aliphatic rings. The van der Waals surface area contributed by atoms with Gasteiger partial charge in [0.15, 0.2) is 0 Å². The number of thiazole rings is 1. The smallest absolute Gasteiger partial charge is 0.414 e. The lowest BCUT2D eigenvalue weighted by Crippen LogP contribution is -2.25. The number of carbonyl (C=O) groups excluding carboxylic acids is 1. The number of para-hydroxylation sites is 1. The van der Waals surface area contributed by atoms with E-state index in [0.717, 1.165) is 32.1 Å². The molecule has 0 spiro atoms. The Balaban J connectivity index is 1.74. The number of rotatable bonds is 4. The van der Waals surface area contributed by atoms with Gasteiger partial charge in [-0.3, -0.25) is 0 Å². The minimum absolute atomic E-state index is 0.398. The number of ether oxygens (including phenoxy) is 2. The number of hydrogen-bond acceptors (Lipinski definition) is 5.